The van der Waals surface area contributed by atoms with Crippen LogP contribution < -0.4 is 5.32 Å². The number of rotatable bonds is 3. The van der Waals surface area contributed by atoms with E-state index in [1.54, 1.807) is 17.4 Å². The number of anilines is 1. The summed E-state index contributed by atoms with van der Waals surface area (Å²) in [6, 6.07) is 5.54. The van der Waals surface area contributed by atoms with Crippen LogP contribution in [0.1, 0.15) is 9.88 Å². The van der Waals surface area contributed by atoms with Gasteiger partial charge in [0.05, 0.1) is 27.3 Å². The van der Waals surface area contributed by atoms with E-state index in [2.05, 4.69) is 10.3 Å². The van der Waals surface area contributed by atoms with E-state index in [1.807, 2.05) is 25.3 Å². The predicted octanol–water partition coefficient (Wildman–Crippen LogP) is 4.37. The van der Waals surface area contributed by atoms with Gasteiger partial charge in [-0.15, -0.1) is 11.3 Å². The van der Waals surface area contributed by atoms with Gasteiger partial charge in [0.2, 0.25) is 0 Å². The van der Waals surface area contributed by atoms with Crippen LogP contribution in [0.5, 0.6) is 0 Å². The number of nitrogens with zero attached hydrogens (tertiary/aromatic N) is 1. The summed E-state index contributed by atoms with van der Waals surface area (Å²) < 4.78 is 0. The van der Waals surface area contributed by atoms with Gasteiger partial charge in [0.1, 0.15) is 0 Å². The van der Waals surface area contributed by atoms with Crippen molar-refractivity contribution in [2.45, 2.75) is 13.5 Å². The topological polar surface area (TPSA) is 24.9 Å². The van der Waals surface area contributed by atoms with Crippen molar-refractivity contribution < 1.29 is 0 Å². The second-order valence-corrected chi connectivity index (χ2v) is 5.41. The highest BCUT2D eigenvalue weighted by Crippen LogP contribution is 2.30. The van der Waals surface area contributed by atoms with Crippen LogP contribution >= 0.6 is 34.5 Å². The molecule has 0 saturated carbocycles. The molecule has 0 aliphatic heterocycles. The maximum Gasteiger partial charge on any atom is 0.0897 e. The number of thiazole rings is 1. The fourth-order valence-electron chi connectivity index (χ4n) is 1.31. The zero-order chi connectivity index (χ0) is 11.5. The van der Waals surface area contributed by atoms with Gasteiger partial charge < -0.3 is 5.32 Å². The molecule has 2 rings (SSSR count). The molecule has 2 aromatic rings. The SMILES string of the molecule is Cc1ncc(CNc2cccc(Cl)c2Cl)s1. The molecule has 0 unspecified atom stereocenters. The van der Waals surface area contributed by atoms with Gasteiger partial charge in [0, 0.05) is 11.1 Å². The number of hydrogen-bond acceptors (Lipinski definition) is 3. The van der Waals surface area contributed by atoms with E-state index >= 15 is 0 Å². The Morgan fingerprint density at radius 1 is 1.38 bits per heavy atom. The van der Waals surface area contributed by atoms with Gasteiger partial charge >= 0.3 is 0 Å². The molecule has 0 atom stereocenters. The Morgan fingerprint density at radius 3 is 2.88 bits per heavy atom. The minimum atomic E-state index is 0.561. The number of nitrogens with one attached hydrogen (secondary N) is 1. The summed E-state index contributed by atoms with van der Waals surface area (Å²) in [6.45, 7) is 2.70. The summed E-state index contributed by atoms with van der Waals surface area (Å²) in [6.07, 6.45) is 1.87. The molecular formula is C11H10Cl2N2S. The largest absolute Gasteiger partial charge is 0.379 e. The van der Waals surface area contributed by atoms with E-state index in [-0.39, 0.29) is 0 Å². The molecular weight excluding hydrogens is 263 g/mol. The Hall–Kier alpha value is -0.770. The first-order chi connectivity index (χ1) is 7.66. The smallest absolute Gasteiger partial charge is 0.0897 e. The summed E-state index contributed by atoms with van der Waals surface area (Å²) in [5.74, 6) is 0. The van der Waals surface area contributed by atoms with Gasteiger partial charge in [-0.2, -0.15) is 0 Å². The first-order valence-electron chi connectivity index (χ1n) is 4.76. The lowest BCUT2D eigenvalue weighted by molar-refractivity contribution is 1.17. The average molecular weight is 273 g/mol. The third-order valence-electron chi connectivity index (χ3n) is 2.07. The first kappa shape index (κ1) is 11.7. The Labute approximate surface area is 108 Å². The molecule has 1 heterocycles. The summed E-state index contributed by atoms with van der Waals surface area (Å²) in [5.41, 5.74) is 0.847. The lowest BCUT2D eigenvalue weighted by Crippen LogP contribution is -1.97. The summed E-state index contributed by atoms with van der Waals surface area (Å²) in [5, 5.41) is 5.42. The van der Waals surface area contributed by atoms with Gasteiger partial charge in [-0.1, -0.05) is 29.3 Å². The van der Waals surface area contributed by atoms with Crippen molar-refractivity contribution in [1.82, 2.24) is 4.98 Å². The molecule has 5 heteroatoms. The Balaban J connectivity index is 2.07. The van der Waals surface area contributed by atoms with E-state index < -0.39 is 0 Å². The quantitative estimate of drug-likeness (QED) is 0.898. The molecule has 0 aliphatic carbocycles. The second kappa shape index (κ2) is 5.04. The minimum absolute atomic E-state index is 0.561. The van der Waals surface area contributed by atoms with Crippen LogP contribution in [0.3, 0.4) is 0 Å². The fourth-order valence-corrected chi connectivity index (χ4v) is 2.41. The molecule has 1 aromatic carbocycles. The minimum Gasteiger partial charge on any atom is -0.379 e. The van der Waals surface area contributed by atoms with Crippen LogP contribution in [0.4, 0.5) is 5.69 Å². The van der Waals surface area contributed by atoms with Crippen molar-refractivity contribution in [2.24, 2.45) is 0 Å². The molecule has 2 nitrogen and oxygen atoms in total. The van der Waals surface area contributed by atoms with Crippen molar-refractivity contribution in [3.05, 3.63) is 44.3 Å². The molecule has 1 N–H and O–H groups in total. The molecule has 0 spiro atoms. The van der Waals surface area contributed by atoms with Crippen LogP contribution in [0.15, 0.2) is 24.4 Å². The normalized spacial score (nSPS) is 10.4. The van der Waals surface area contributed by atoms with E-state index in [9.17, 15) is 0 Å². The van der Waals surface area contributed by atoms with Crippen LogP contribution in [0, 0.1) is 6.92 Å². The molecule has 0 fully saturated rings. The van der Waals surface area contributed by atoms with Crippen LogP contribution in [-0.4, -0.2) is 4.98 Å². The van der Waals surface area contributed by atoms with E-state index in [4.69, 9.17) is 23.2 Å². The van der Waals surface area contributed by atoms with E-state index in [0.29, 0.717) is 16.6 Å². The zero-order valence-electron chi connectivity index (χ0n) is 8.63. The lowest BCUT2D eigenvalue weighted by atomic mass is 10.3. The number of benzene rings is 1. The maximum absolute atomic E-state index is 6.06. The third-order valence-corrected chi connectivity index (χ3v) is 3.81. The van der Waals surface area contributed by atoms with Gasteiger partial charge in [0.15, 0.2) is 0 Å². The second-order valence-electron chi connectivity index (χ2n) is 3.30. The summed E-state index contributed by atoms with van der Waals surface area (Å²) in [7, 11) is 0. The molecule has 1 aromatic heterocycles. The monoisotopic (exact) mass is 272 g/mol. The summed E-state index contributed by atoms with van der Waals surface area (Å²) in [4.78, 5) is 5.36. The van der Waals surface area contributed by atoms with Crippen molar-refractivity contribution in [2.75, 3.05) is 5.32 Å². The Kier molecular flexibility index (Phi) is 3.69. The first-order valence-corrected chi connectivity index (χ1v) is 6.33. The Morgan fingerprint density at radius 2 is 2.19 bits per heavy atom. The molecule has 16 heavy (non-hydrogen) atoms. The molecule has 0 bridgehead atoms. The number of hydrogen-bond donors (Lipinski definition) is 1. The number of aromatic nitrogens is 1. The van der Waals surface area contributed by atoms with Crippen molar-refractivity contribution in [3.8, 4) is 0 Å². The Bertz CT molecular complexity index is 496. The van der Waals surface area contributed by atoms with Crippen LogP contribution in [0.25, 0.3) is 0 Å². The molecule has 0 amide bonds. The van der Waals surface area contributed by atoms with E-state index in [1.165, 1.54) is 4.88 Å². The van der Waals surface area contributed by atoms with Crippen LogP contribution in [-0.2, 0) is 6.54 Å². The van der Waals surface area contributed by atoms with Crippen molar-refractivity contribution >= 4 is 40.2 Å². The highest BCUT2D eigenvalue weighted by Gasteiger charge is 2.04. The standard InChI is InChI=1S/C11H10Cl2N2S/c1-7-14-5-8(16-7)6-15-10-4-2-3-9(12)11(10)13/h2-5,15H,6H2,1H3. The van der Waals surface area contributed by atoms with Gasteiger partial charge in [-0.25, -0.2) is 4.98 Å². The summed E-state index contributed by atoms with van der Waals surface area (Å²) >= 11 is 13.6. The highest BCUT2D eigenvalue weighted by atomic mass is 35.5. The van der Waals surface area contributed by atoms with Gasteiger partial charge in [-0.3, -0.25) is 0 Å². The van der Waals surface area contributed by atoms with Gasteiger partial charge in [0.25, 0.3) is 0 Å². The van der Waals surface area contributed by atoms with Crippen molar-refractivity contribution in [3.63, 3.8) is 0 Å². The fraction of sp³-hybridized carbons (Fsp3) is 0.182. The van der Waals surface area contributed by atoms with E-state index in [0.717, 1.165) is 10.7 Å². The van der Waals surface area contributed by atoms with Crippen molar-refractivity contribution in [1.29, 1.82) is 0 Å². The molecule has 84 valence electrons. The zero-order valence-corrected chi connectivity index (χ0v) is 11.0. The molecule has 0 saturated heterocycles. The lowest BCUT2D eigenvalue weighted by Gasteiger charge is -2.07. The number of aryl methyl sites for hydroxylation is 1. The maximum atomic E-state index is 6.06. The molecule has 0 aliphatic rings. The third kappa shape index (κ3) is 2.67. The highest BCUT2D eigenvalue weighted by molar-refractivity contribution is 7.11. The average Bonchev–Trinajstić information content (AvgIpc) is 2.67. The van der Waals surface area contributed by atoms with Crippen LogP contribution in [0.2, 0.25) is 10.0 Å². The predicted molar refractivity (Wildman–Crippen MR) is 70.6 cm³/mol. The number of halogens is 2. The molecule has 0 radical (unpaired) electrons. The van der Waals surface area contributed by atoms with Gasteiger partial charge in [-0.05, 0) is 19.1 Å².